The molecule has 0 radical (unpaired) electrons. The van der Waals surface area contributed by atoms with Crippen LogP contribution in [0.3, 0.4) is 0 Å². The monoisotopic (exact) mass is 335 g/mol. The molecule has 8 nitrogen and oxygen atoms in total. The predicted octanol–water partition coefficient (Wildman–Crippen LogP) is 0.349. The zero-order valence-corrected chi connectivity index (χ0v) is 13.5. The molecule has 2 atom stereocenters. The molecular weight excluding hydrogens is 317 g/mol. The van der Waals surface area contributed by atoms with Crippen LogP contribution in [0.25, 0.3) is 0 Å². The lowest BCUT2D eigenvalue weighted by molar-refractivity contribution is -0.123. The molecule has 0 aliphatic rings. The number of nitrogens with zero attached hydrogens (tertiary/aromatic N) is 2. The first-order chi connectivity index (χ1) is 11.1. The highest BCUT2D eigenvalue weighted by atomic mass is 31.0. The second-order valence-electron chi connectivity index (χ2n) is 4.78. The number of amides is 2. The van der Waals surface area contributed by atoms with E-state index in [1.54, 1.807) is 16.9 Å². The molecule has 1 heterocycles. The summed E-state index contributed by atoms with van der Waals surface area (Å²) in [6.45, 7) is 0.115. The van der Waals surface area contributed by atoms with E-state index in [0.717, 1.165) is 5.56 Å². The molecule has 0 bridgehead atoms. The van der Waals surface area contributed by atoms with Crippen molar-refractivity contribution < 1.29 is 14.3 Å². The van der Waals surface area contributed by atoms with E-state index in [9.17, 15) is 9.59 Å². The Kier molecular flexibility index (Phi) is 6.08. The van der Waals surface area contributed by atoms with Crippen LogP contribution in [0.15, 0.2) is 42.9 Å². The fourth-order valence-electron chi connectivity index (χ4n) is 1.91. The van der Waals surface area contributed by atoms with Crippen LogP contribution in [0.4, 0.5) is 4.79 Å². The van der Waals surface area contributed by atoms with Gasteiger partial charge in [0.05, 0.1) is 12.0 Å². The molecule has 0 saturated heterocycles. The number of benzene rings is 1. The number of aromatic nitrogens is 2. The minimum Gasteiger partial charge on any atom is -0.445 e. The van der Waals surface area contributed by atoms with E-state index < -0.39 is 18.0 Å². The van der Waals surface area contributed by atoms with Crippen molar-refractivity contribution in [2.45, 2.75) is 19.1 Å². The summed E-state index contributed by atoms with van der Waals surface area (Å²) < 4.78 is 6.76. The Balaban J connectivity index is 1.91. The number of rotatable bonds is 6. The summed E-state index contributed by atoms with van der Waals surface area (Å²) in [6, 6.07) is 8.37. The SMILES string of the molecule is NNC(=O)C(Cc1cn(P)cn1)NC(=O)OCc1ccccc1. The van der Waals surface area contributed by atoms with Crippen molar-refractivity contribution in [2.24, 2.45) is 5.84 Å². The minimum atomic E-state index is -0.872. The van der Waals surface area contributed by atoms with Gasteiger partial charge in [-0.3, -0.25) is 10.2 Å². The highest BCUT2D eigenvalue weighted by Gasteiger charge is 2.22. The van der Waals surface area contributed by atoms with Crippen LogP contribution in [-0.2, 0) is 22.6 Å². The van der Waals surface area contributed by atoms with Crippen molar-refractivity contribution in [1.29, 1.82) is 0 Å². The molecule has 122 valence electrons. The lowest BCUT2D eigenvalue weighted by Gasteiger charge is -2.16. The average molecular weight is 335 g/mol. The summed E-state index contributed by atoms with van der Waals surface area (Å²) in [5, 5.41) is 2.49. The summed E-state index contributed by atoms with van der Waals surface area (Å²) in [5.41, 5.74) is 3.51. The maximum Gasteiger partial charge on any atom is 0.408 e. The van der Waals surface area contributed by atoms with Gasteiger partial charge in [-0.15, -0.1) is 0 Å². The van der Waals surface area contributed by atoms with Gasteiger partial charge < -0.3 is 14.4 Å². The van der Waals surface area contributed by atoms with Crippen molar-refractivity contribution >= 4 is 21.4 Å². The highest BCUT2D eigenvalue weighted by Crippen LogP contribution is 2.05. The smallest absolute Gasteiger partial charge is 0.408 e. The van der Waals surface area contributed by atoms with Crippen LogP contribution in [0.2, 0.25) is 0 Å². The number of imidazole rings is 1. The van der Waals surface area contributed by atoms with E-state index in [1.165, 1.54) is 0 Å². The zero-order valence-electron chi connectivity index (χ0n) is 12.3. The first-order valence-corrected chi connectivity index (χ1v) is 7.35. The Hall–Kier alpha value is -2.44. The van der Waals surface area contributed by atoms with Crippen molar-refractivity contribution in [1.82, 2.24) is 20.1 Å². The summed E-state index contributed by atoms with van der Waals surface area (Å²) in [6.07, 6.45) is 2.79. The molecule has 1 aromatic heterocycles. The standard InChI is InChI=1S/C14H18N5O3P/c15-18-13(20)12(6-11-7-19(23)9-16-11)17-14(21)22-8-10-4-2-1-3-5-10/h1-5,7,9,12H,6,8,15,23H2,(H,17,21)(H,18,20). The number of nitrogens with two attached hydrogens (primary N) is 1. The highest BCUT2D eigenvalue weighted by molar-refractivity contribution is 7.14. The fraction of sp³-hybridized carbons (Fsp3) is 0.214. The Labute approximate surface area is 135 Å². The minimum absolute atomic E-state index is 0.115. The van der Waals surface area contributed by atoms with Crippen molar-refractivity contribution in [2.75, 3.05) is 0 Å². The first-order valence-electron chi connectivity index (χ1n) is 6.84. The number of carbonyl (C=O) groups excluding carboxylic acids is 2. The van der Waals surface area contributed by atoms with Gasteiger partial charge in [0.15, 0.2) is 0 Å². The van der Waals surface area contributed by atoms with Gasteiger partial charge in [0, 0.05) is 12.6 Å². The molecule has 2 rings (SSSR count). The maximum absolute atomic E-state index is 11.9. The average Bonchev–Trinajstić information content (AvgIpc) is 2.97. The molecule has 1 aromatic carbocycles. The molecular formula is C14H18N5O3P. The molecule has 23 heavy (non-hydrogen) atoms. The molecule has 0 aliphatic heterocycles. The van der Waals surface area contributed by atoms with Crippen molar-refractivity contribution in [3.05, 3.63) is 54.1 Å². The van der Waals surface area contributed by atoms with Crippen LogP contribution >= 0.6 is 9.39 Å². The number of hydrogen-bond donors (Lipinski definition) is 3. The second kappa shape index (κ2) is 8.26. The van der Waals surface area contributed by atoms with E-state index in [1.807, 2.05) is 35.8 Å². The summed E-state index contributed by atoms with van der Waals surface area (Å²) in [4.78, 5) is 27.7. The second-order valence-corrected chi connectivity index (χ2v) is 5.38. The normalized spacial score (nSPS) is 11.6. The summed E-state index contributed by atoms with van der Waals surface area (Å²) in [7, 11) is 2.43. The third-order valence-electron chi connectivity index (χ3n) is 3.03. The summed E-state index contributed by atoms with van der Waals surface area (Å²) in [5.74, 6) is 4.62. The van der Waals surface area contributed by atoms with E-state index in [2.05, 4.69) is 19.7 Å². The molecule has 2 unspecified atom stereocenters. The Morgan fingerprint density at radius 2 is 2.09 bits per heavy atom. The van der Waals surface area contributed by atoms with E-state index in [0.29, 0.717) is 5.69 Å². The van der Waals surface area contributed by atoms with Gasteiger partial charge in [0.25, 0.3) is 5.91 Å². The van der Waals surface area contributed by atoms with Gasteiger partial charge in [-0.1, -0.05) is 30.3 Å². The van der Waals surface area contributed by atoms with Crippen LogP contribution in [0, 0.1) is 0 Å². The summed E-state index contributed by atoms with van der Waals surface area (Å²) >= 11 is 0. The van der Waals surface area contributed by atoms with Gasteiger partial charge in [0.1, 0.15) is 12.6 Å². The lowest BCUT2D eigenvalue weighted by Crippen LogP contribution is -2.50. The third-order valence-corrected chi connectivity index (χ3v) is 3.31. The topological polar surface area (TPSA) is 111 Å². The molecule has 0 aliphatic carbocycles. The van der Waals surface area contributed by atoms with Crippen molar-refractivity contribution in [3.8, 4) is 0 Å². The van der Waals surface area contributed by atoms with Gasteiger partial charge in [-0.2, -0.15) is 0 Å². The molecule has 9 heteroatoms. The number of hydrogen-bond acceptors (Lipinski definition) is 5. The number of nitrogens with one attached hydrogen (secondary N) is 2. The van der Waals surface area contributed by atoms with Gasteiger partial charge in [-0.25, -0.2) is 15.6 Å². The Morgan fingerprint density at radius 1 is 1.35 bits per heavy atom. The molecule has 0 spiro atoms. The number of hydrazine groups is 1. The van der Waals surface area contributed by atoms with E-state index in [-0.39, 0.29) is 13.0 Å². The van der Waals surface area contributed by atoms with E-state index in [4.69, 9.17) is 10.6 Å². The Bertz CT molecular complexity index is 661. The van der Waals surface area contributed by atoms with Crippen LogP contribution in [0.5, 0.6) is 0 Å². The number of carbonyl (C=O) groups is 2. The lowest BCUT2D eigenvalue weighted by atomic mass is 10.1. The molecule has 4 N–H and O–H groups in total. The first kappa shape index (κ1) is 16.9. The molecule has 2 amide bonds. The predicted molar refractivity (Wildman–Crippen MR) is 86.9 cm³/mol. The molecule has 2 aromatic rings. The van der Waals surface area contributed by atoms with Gasteiger partial charge in [-0.05, 0) is 15.0 Å². The van der Waals surface area contributed by atoms with E-state index >= 15 is 0 Å². The largest absolute Gasteiger partial charge is 0.445 e. The Morgan fingerprint density at radius 3 is 2.70 bits per heavy atom. The van der Waals surface area contributed by atoms with Crippen LogP contribution in [0.1, 0.15) is 11.3 Å². The van der Waals surface area contributed by atoms with Crippen LogP contribution < -0.4 is 16.6 Å². The van der Waals surface area contributed by atoms with Crippen LogP contribution in [-0.4, -0.2) is 27.4 Å². The fourth-order valence-corrected chi connectivity index (χ4v) is 2.15. The number of alkyl carbamates (subject to hydrolysis) is 1. The maximum atomic E-state index is 11.9. The van der Waals surface area contributed by atoms with Gasteiger partial charge in [0.2, 0.25) is 0 Å². The quantitative estimate of drug-likeness (QED) is 0.305. The zero-order chi connectivity index (χ0) is 16.7. The molecule has 0 saturated carbocycles. The van der Waals surface area contributed by atoms with Crippen molar-refractivity contribution in [3.63, 3.8) is 0 Å². The number of ether oxygens (including phenoxy) is 1. The van der Waals surface area contributed by atoms with Gasteiger partial charge >= 0.3 is 6.09 Å². The third kappa shape index (κ3) is 5.36. The molecule has 0 fully saturated rings.